The standard InChI is InChI=1S/C12H11N5OS/c1-2-7-4-3-5-14-9(7)10-16-11(18-17-10)8-6-19-12(13)15-8/h3-6H,2H2,1H3,(H2,13,15). The number of rotatable bonds is 3. The second kappa shape index (κ2) is 4.77. The zero-order valence-corrected chi connectivity index (χ0v) is 11.0. The van der Waals surface area contributed by atoms with Gasteiger partial charge in [-0.1, -0.05) is 18.1 Å². The molecule has 0 fully saturated rings. The molecule has 0 amide bonds. The van der Waals surface area contributed by atoms with Gasteiger partial charge < -0.3 is 10.3 Å². The van der Waals surface area contributed by atoms with Crippen LogP contribution in [0.1, 0.15) is 12.5 Å². The number of aryl methyl sites for hydroxylation is 1. The lowest BCUT2D eigenvalue weighted by atomic mass is 10.1. The molecule has 0 radical (unpaired) electrons. The van der Waals surface area contributed by atoms with Gasteiger partial charge in [-0.2, -0.15) is 4.98 Å². The van der Waals surface area contributed by atoms with Crippen LogP contribution in [-0.2, 0) is 6.42 Å². The highest BCUT2D eigenvalue weighted by molar-refractivity contribution is 7.13. The number of nitrogens with two attached hydrogens (primary N) is 1. The lowest BCUT2D eigenvalue weighted by Gasteiger charge is -2.00. The molecule has 0 saturated heterocycles. The molecular formula is C12H11N5OS. The van der Waals surface area contributed by atoms with Gasteiger partial charge in [-0.3, -0.25) is 4.98 Å². The van der Waals surface area contributed by atoms with E-state index in [9.17, 15) is 0 Å². The highest BCUT2D eigenvalue weighted by atomic mass is 32.1. The number of nitrogens with zero attached hydrogens (tertiary/aromatic N) is 4. The molecule has 7 heteroatoms. The normalized spacial score (nSPS) is 10.8. The lowest BCUT2D eigenvalue weighted by molar-refractivity contribution is 0.431. The maximum Gasteiger partial charge on any atom is 0.277 e. The van der Waals surface area contributed by atoms with Crippen molar-refractivity contribution >= 4 is 16.5 Å². The summed E-state index contributed by atoms with van der Waals surface area (Å²) >= 11 is 1.34. The van der Waals surface area contributed by atoms with Crippen LogP contribution in [0.15, 0.2) is 28.2 Å². The Labute approximate surface area is 113 Å². The highest BCUT2D eigenvalue weighted by Crippen LogP contribution is 2.25. The summed E-state index contributed by atoms with van der Waals surface area (Å²) in [5, 5.41) is 6.21. The van der Waals surface area contributed by atoms with Crippen molar-refractivity contribution in [2.45, 2.75) is 13.3 Å². The Balaban J connectivity index is 2.01. The molecule has 3 heterocycles. The van der Waals surface area contributed by atoms with Crippen LogP contribution in [0, 0.1) is 0 Å². The van der Waals surface area contributed by atoms with Gasteiger partial charge >= 0.3 is 0 Å². The number of anilines is 1. The molecular weight excluding hydrogens is 262 g/mol. The van der Waals surface area contributed by atoms with E-state index in [2.05, 4.69) is 27.0 Å². The number of nitrogen functional groups attached to an aromatic ring is 1. The first-order valence-electron chi connectivity index (χ1n) is 5.77. The van der Waals surface area contributed by atoms with Gasteiger partial charge in [0.25, 0.3) is 5.89 Å². The van der Waals surface area contributed by atoms with Gasteiger partial charge in [0.2, 0.25) is 5.82 Å². The summed E-state index contributed by atoms with van der Waals surface area (Å²) in [6.45, 7) is 2.06. The maximum absolute atomic E-state index is 5.58. The second-order valence-corrected chi connectivity index (χ2v) is 4.75. The third-order valence-corrected chi connectivity index (χ3v) is 3.32. The smallest absolute Gasteiger partial charge is 0.277 e. The van der Waals surface area contributed by atoms with Crippen molar-refractivity contribution in [2.24, 2.45) is 0 Å². The van der Waals surface area contributed by atoms with E-state index in [0.717, 1.165) is 17.7 Å². The predicted molar refractivity (Wildman–Crippen MR) is 72.4 cm³/mol. The molecule has 6 nitrogen and oxygen atoms in total. The molecule has 0 saturated carbocycles. The van der Waals surface area contributed by atoms with Crippen LogP contribution in [0.2, 0.25) is 0 Å². The number of thiazole rings is 1. The zero-order valence-electron chi connectivity index (χ0n) is 10.2. The Morgan fingerprint density at radius 3 is 3.00 bits per heavy atom. The summed E-state index contributed by atoms with van der Waals surface area (Å²) in [5.74, 6) is 0.828. The Kier molecular flexibility index (Phi) is 2.96. The Hall–Kier alpha value is -2.28. The summed E-state index contributed by atoms with van der Waals surface area (Å²) in [6, 6.07) is 3.89. The third kappa shape index (κ3) is 2.19. The van der Waals surface area contributed by atoms with Crippen molar-refractivity contribution in [3.05, 3.63) is 29.3 Å². The molecule has 3 aromatic rings. The summed E-state index contributed by atoms with van der Waals surface area (Å²) in [4.78, 5) is 12.7. The molecule has 0 aliphatic rings. The molecule has 3 rings (SSSR count). The fourth-order valence-corrected chi connectivity index (χ4v) is 2.27. The quantitative estimate of drug-likeness (QED) is 0.788. The van der Waals surface area contributed by atoms with Crippen molar-refractivity contribution in [3.63, 3.8) is 0 Å². The maximum atomic E-state index is 5.58. The van der Waals surface area contributed by atoms with Gasteiger partial charge in [0.1, 0.15) is 11.4 Å². The molecule has 0 atom stereocenters. The Bertz CT molecular complexity index is 705. The van der Waals surface area contributed by atoms with Gasteiger partial charge in [-0.25, -0.2) is 4.98 Å². The molecule has 96 valence electrons. The average Bonchev–Trinajstić information content (AvgIpc) is 3.07. The molecule has 0 bridgehead atoms. The minimum absolute atomic E-state index is 0.357. The van der Waals surface area contributed by atoms with Crippen molar-refractivity contribution in [1.29, 1.82) is 0 Å². The van der Waals surface area contributed by atoms with Crippen molar-refractivity contribution in [2.75, 3.05) is 5.73 Å². The third-order valence-electron chi connectivity index (χ3n) is 2.65. The molecule has 0 aliphatic heterocycles. The highest BCUT2D eigenvalue weighted by Gasteiger charge is 2.15. The summed E-state index contributed by atoms with van der Waals surface area (Å²) in [6.07, 6.45) is 2.57. The van der Waals surface area contributed by atoms with E-state index < -0.39 is 0 Å². The van der Waals surface area contributed by atoms with E-state index in [1.165, 1.54) is 11.3 Å². The minimum atomic E-state index is 0.357. The number of hydrogen-bond donors (Lipinski definition) is 1. The van der Waals surface area contributed by atoms with Crippen LogP contribution in [0.25, 0.3) is 23.1 Å². The van der Waals surface area contributed by atoms with Gasteiger partial charge in [-0.15, -0.1) is 11.3 Å². The lowest BCUT2D eigenvalue weighted by Crippen LogP contribution is -1.92. The first-order chi connectivity index (χ1) is 9.28. The largest absolute Gasteiger partial charge is 0.375 e. The second-order valence-electron chi connectivity index (χ2n) is 3.86. The first kappa shape index (κ1) is 11.8. The zero-order chi connectivity index (χ0) is 13.2. The van der Waals surface area contributed by atoms with Crippen LogP contribution in [0.5, 0.6) is 0 Å². The Morgan fingerprint density at radius 2 is 2.26 bits per heavy atom. The predicted octanol–water partition coefficient (Wildman–Crippen LogP) is 2.40. The first-order valence-corrected chi connectivity index (χ1v) is 6.65. The van der Waals surface area contributed by atoms with Crippen LogP contribution in [-0.4, -0.2) is 20.1 Å². The number of pyridine rings is 1. The van der Waals surface area contributed by atoms with Gasteiger partial charge in [-0.05, 0) is 18.1 Å². The summed E-state index contributed by atoms with van der Waals surface area (Å²) in [7, 11) is 0. The van der Waals surface area contributed by atoms with Crippen LogP contribution in [0.4, 0.5) is 5.13 Å². The minimum Gasteiger partial charge on any atom is -0.375 e. The number of hydrogen-bond acceptors (Lipinski definition) is 7. The van der Waals surface area contributed by atoms with Gasteiger partial charge in [0, 0.05) is 11.6 Å². The van der Waals surface area contributed by atoms with Crippen LogP contribution < -0.4 is 5.73 Å². The fraction of sp³-hybridized carbons (Fsp3) is 0.167. The van der Waals surface area contributed by atoms with E-state index in [1.807, 2.05) is 12.1 Å². The topological polar surface area (TPSA) is 90.7 Å². The molecule has 0 aromatic carbocycles. The molecule has 0 spiro atoms. The van der Waals surface area contributed by atoms with Crippen LogP contribution >= 0.6 is 11.3 Å². The van der Waals surface area contributed by atoms with Crippen molar-refractivity contribution < 1.29 is 4.52 Å². The van der Waals surface area contributed by atoms with Crippen molar-refractivity contribution in [1.82, 2.24) is 20.1 Å². The van der Waals surface area contributed by atoms with E-state index in [-0.39, 0.29) is 0 Å². The SMILES string of the molecule is CCc1cccnc1-c1noc(-c2csc(N)n2)n1. The summed E-state index contributed by atoms with van der Waals surface area (Å²) in [5.41, 5.74) is 7.99. The number of aromatic nitrogens is 4. The van der Waals surface area contributed by atoms with Gasteiger partial charge in [0.15, 0.2) is 5.13 Å². The molecule has 0 unspecified atom stereocenters. The van der Waals surface area contributed by atoms with E-state index >= 15 is 0 Å². The molecule has 2 N–H and O–H groups in total. The molecule has 19 heavy (non-hydrogen) atoms. The van der Waals surface area contributed by atoms with E-state index in [4.69, 9.17) is 10.3 Å². The van der Waals surface area contributed by atoms with E-state index in [0.29, 0.717) is 22.5 Å². The summed E-state index contributed by atoms with van der Waals surface area (Å²) < 4.78 is 5.21. The Morgan fingerprint density at radius 1 is 1.37 bits per heavy atom. The average molecular weight is 273 g/mol. The van der Waals surface area contributed by atoms with Gasteiger partial charge in [0.05, 0.1) is 0 Å². The van der Waals surface area contributed by atoms with Crippen LogP contribution in [0.3, 0.4) is 0 Å². The monoisotopic (exact) mass is 273 g/mol. The molecule has 0 aliphatic carbocycles. The molecule has 3 aromatic heterocycles. The van der Waals surface area contributed by atoms with Crippen molar-refractivity contribution in [3.8, 4) is 23.1 Å². The van der Waals surface area contributed by atoms with E-state index in [1.54, 1.807) is 11.6 Å². The fourth-order valence-electron chi connectivity index (χ4n) is 1.73.